The van der Waals surface area contributed by atoms with E-state index < -0.39 is 0 Å². The smallest absolute Gasteiger partial charge is 0.258 e. The van der Waals surface area contributed by atoms with E-state index in [-0.39, 0.29) is 10.6 Å². The van der Waals surface area contributed by atoms with Crippen molar-refractivity contribution < 1.29 is 4.92 Å². The topological polar surface area (TPSA) is 55.5 Å². The quantitative estimate of drug-likeness (QED) is 0.605. The van der Waals surface area contributed by atoms with Gasteiger partial charge in [-0.1, -0.05) is 53.9 Å². The SMILES string of the molecule is O=[N+]([O-])c1ccc(CSC2=Nc3ccccc3CS2)cc1. The minimum Gasteiger partial charge on any atom is -0.258 e. The Bertz CT molecular complexity index is 699. The number of rotatable bonds is 3. The normalized spacial score (nSPS) is 13.4. The molecule has 0 saturated carbocycles. The first-order valence-corrected chi connectivity index (χ1v) is 8.35. The van der Waals surface area contributed by atoms with Gasteiger partial charge in [0.25, 0.3) is 5.69 Å². The summed E-state index contributed by atoms with van der Waals surface area (Å²) in [4.78, 5) is 14.9. The number of thioether (sulfide) groups is 2. The molecule has 1 heterocycles. The molecule has 1 aliphatic heterocycles. The summed E-state index contributed by atoms with van der Waals surface area (Å²) in [5.74, 6) is 1.72. The molecule has 0 spiro atoms. The van der Waals surface area contributed by atoms with Crippen molar-refractivity contribution in [2.75, 3.05) is 0 Å². The predicted molar refractivity (Wildman–Crippen MR) is 89.2 cm³/mol. The van der Waals surface area contributed by atoms with Gasteiger partial charge in [-0.2, -0.15) is 0 Å². The summed E-state index contributed by atoms with van der Waals surface area (Å²) in [7, 11) is 0. The first-order valence-electron chi connectivity index (χ1n) is 6.38. The summed E-state index contributed by atoms with van der Waals surface area (Å²) >= 11 is 3.41. The lowest BCUT2D eigenvalue weighted by atomic mass is 10.2. The lowest BCUT2D eigenvalue weighted by Gasteiger charge is -2.14. The van der Waals surface area contributed by atoms with Crippen LogP contribution in [0.1, 0.15) is 11.1 Å². The average molecular weight is 316 g/mol. The van der Waals surface area contributed by atoms with Crippen LogP contribution in [0.4, 0.5) is 11.4 Å². The van der Waals surface area contributed by atoms with E-state index in [0.29, 0.717) is 0 Å². The molecule has 21 heavy (non-hydrogen) atoms. The van der Waals surface area contributed by atoms with Crippen LogP contribution < -0.4 is 0 Å². The standard InChI is InChI=1S/C15H12N2O2S2/c18-17(19)13-7-5-11(6-8-13)9-20-15-16-14-4-2-1-3-12(14)10-21-15/h1-8H,9-10H2. The Morgan fingerprint density at radius 2 is 1.95 bits per heavy atom. The number of aliphatic imine (C=N–C) groups is 1. The lowest BCUT2D eigenvalue weighted by Crippen LogP contribution is -1.96. The highest BCUT2D eigenvalue weighted by molar-refractivity contribution is 8.38. The Labute approximate surface area is 130 Å². The molecule has 106 valence electrons. The van der Waals surface area contributed by atoms with Gasteiger partial charge in [-0.25, -0.2) is 4.99 Å². The van der Waals surface area contributed by atoms with Crippen LogP contribution in [-0.2, 0) is 11.5 Å². The van der Waals surface area contributed by atoms with Gasteiger partial charge in [0.1, 0.15) is 4.38 Å². The van der Waals surface area contributed by atoms with Gasteiger partial charge in [-0.3, -0.25) is 10.1 Å². The second kappa shape index (κ2) is 6.32. The number of nitro groups is 1. The number of non-ortho nitro benzene ring substituents is 1. The predicted octanol–water partition coefficient (Wildman–Crippen LogP) is 4.76. The lowest BCUT2D eigenvalue weighted by molar-refractivity contribution is -0.384. The number of hydrogen-bond acceptors (Lipinski definition) is 5. The van der Waals surface area contributed by atoms with E-state index >= 15 is 0 Å². The van der Waals surface area contributed by atoms with Crippen molar-refractivity contribution >= 4 is 39.3 Å². The van der Waals surface area contributed by atoms with E-state index in [1.54, 1.807) is 47.8 Å². The summed E-state index contributed by atoms with van der Waals surface area (Å²) in [6.45, 7) is 0. The van der Waals surface area contributed by atoms with Crippen LogP contribution >= 0.6 is 23.5 Å². The summed E-state index contributed by atoms with van der Waals surface area (Å²) in [5.41, 5.74) is 3.50. The molecule has 0 aliphatic carbocycles. The van der Waals surface area contributed by atoms with E-state index in [2.05, 4.69) is 11.1 Å². The van der Waals surface area contributed by atoms with Gasteiger partial charge in [-0.05, 0) is 17.2 Å². The van der Waals surface area contributed by atoms with Gasteiger partial charge in [-0.15, -0.1) is 0 Å². The third-order valence-corrected chi connectivity index (χ3v) is 5.38. The molecule has 2 aromatic carbocycles. The fourth-order valence-corrected chi connectivity index (χ4v) is 3.96. The molecule has 6 heteroatoms. The van der Waals surface area contributed by atoms with Crippen molar-refractivity contribution in [2.45, 2.75) is 11.5 Å². The molecule has 0 saturated heterocycles. The molecule has 0 radical (unpaired) electrons. The summed E-state index contributed by atoms with van der Waals surface area (Å²) in [6.07, 6.45) is 0. The molecule has 0 atom stereocenters. The zero-order valence-corrected chi connectivity index (χ0v) is 12.7. The Kier molecular flexibility index (Phi) is 4.26. The van der Waals surface area contributed by atoms with Crippen LogP contribution in [0.25, 0.3) is 0 Å². The highest BCUT2D eigenvalue weighted by Crippen LogP contribution is 2.35. The number of fused-ring (bicyclic) bond motifs is 1. The van der Waals surface area contributed by atoms with E-state index in [1.165, 1.54) is 5.56 Å². The summed E-state index contributed by atoms with van der Waals surface area (Å²) in [6, 6.07) is 14.8. The van der Waals surface area contributed by atoms with Crippen LogP contribution in [0, 0.1) is 10.1 Å². The van der Waals surface area contributed by atoms with Crippen LogP contribution in [0.2, 0.25) is 0 Å². The largest absolute Gasteiger partial charge is 0.269 e. The molecule has 0 aromatic heterocycles. The Hall–Kier alpha value is -1.79. The van der Waals surface area contributed by atoms with Gasteiger partial charge in [0, 0.05) is 23.6 Å². The van der Waals surface area contributed by atoms with Crippen molar-refractivity contribution in [1.82, 2.24) is 0 Å². The highest BCUT2D eigenvalue weighted by Gasteiger charge is 2.12. The number of hydrogen-bond donors (Lipinski definition) is 0. The van der Waals surface area contributed by atoms with E-state index in [0.717, 1.165) is 27.1 Å². The highest BCUT2D eigenvalue weighted by atomic mass is 32.2. The Balaban J connectivity index is 1.66. The second-order valence-electron chi connectivity index (χ2n) is 4.51. The van der Waals surface area contributed by atoms with Crippen molar-refractivity contribution in [2.24, 2.45) is 4.99 Å². The van der Waals surface area contributed by atoms with Gasteiger partial charge < -0.3 is 0 Å². The Morgan fingerprint density at radius 3 is 2.71 bits per heavy atom. The molecular weight excluding hydrogens is 304 g/mol. The zero-order valence-electron chi connectivity index (χ0n) is 11.1. The molecule has 3 rings (SSSR count). The molecule has 0 N–H and O–H groups in total. The summed E-state index contributed by atoms with van der Waals surface area (Å²) < 4.78 is 1.05. The van der Waals surface area contributed by atoms with Crippen LogP contribution in [0.3, 0.4) is 0 Å². The van der Waals surface area contributed by atoms with Gasteiger partial charge in [0.15, 0.2) is 0 Å². The Morgan fingerprint density at radius 1 is 1.19 bits per heavy atom. The van der Waals surface area contributed by atoms with Crippen molar-refractivity contribution in [1.29, 1.82) is 0 Å². The number of nitrogens with zero attached hydrogens (tertiary/aromatic N) is 2. The van der Waals surface area contributed by atoms with Crippen molar-refractivity contribution in [3.8, 4) is 0 Å². The second-order valence-corrected chi connectivity index (χ2v) is 6.69. The zero-order chi connectivity index (χ0) is 14.7. The van der Waals surface area contributed by atoms with Crippen molar-refractivity contribution in [3.05, 3.63) is 69.8 Å². The third kappa shape index (κ3) is 3.46. The monoisotopic (exact) mass is 316 g/mol. The maximum absolute atomic E-state index is 10.6. The van der Waals surface area contributed by atoms with Crippen LogP contribution in [0.15, 0.2) is 53.5 Å². The maximum atomic E-state index is 10.6. The van der Waals surface area contributed by atoms with Crippen molar-refractivity contribution in [3.63, 3.8) is 0 Å². The molecule has 0 unspecified atom stereocenters. The first kappa shape index (κ1) is 14.2. The van der Waals surface area contributed by atoms with Crippen LogP contribution in [0.5, 0.6) is 0 Å². The molecule has 2 aromatic rings. The van der Waals surface area contributed by atoms with E-state index in [9.17, 15) is 10.1 Å². The van der Waals surface area contributed by atoms with E-state index in [1.807, 2.05) is 18.2 Å². The maximum Gasteiger partial charge on any atom is 0.269 e. The molecular formula is C15H12N2O2S2. The fraction of sp³-hybridized carbons (Fsp3) is 0.133. The average Bonchev–Trinajstić information content (AvgIpc) is 2.53. The molecule has 4 nitrogen and oxygen atoms in total. The minimum atomic E-state index is -0.380. The molecule has 0 bridgehead atoms. The summed E-state index contributed by atoms with van der Waals surface area (Å²) in [5, 5.41) is 10.6. The minimum absolute atomic E-state index is 0.127. The first-order chi connectivity index (χ1) is 10.2. The van der Waals surface area contributed by atoms with Crippen LogP contribution in [-0.4, -0.2) is 9.30 Å². The number of nitro benzene ring substituents is 1. The molecule has 1 aliphatic rings. The number of benzene rings is 2. The van der Waals surface area contributed by atoms with Gasteiger partial charge >= 0.3 is 0 Å². The fourth-order valence-electron chi connectivity index (χ4n) is 1.94. The molecule has 0 amide bonds. The van der Waals surface area contributed by atoms with Gasteiger partial charge in [0.05, 0.1) is 10.6 Å². The molecule has 0 fully saturated rings. The van der Waals surface area contributed by atoms with Gasteiger partial charge in [0.2, 0.25) is 0 Å². The van der Waals surface area contributed by atoms with E-state index in [4.69, 9.17) is 0 Å². The third-order valence-electron chi connectivity index (χ3n) is 3.06. The number of para-hydroxylation sites is 1.